The number of phenols is 1. The fourth-order valence-corrected chi connectivity index (χ4v) is 3.96. The van der Waals surface area contributed by atoms with Crippen LogP contribution in [0, 0.1) is 0 Å². The summed E-state index contributed by atoms with van der Waals surface area (Å²) in [5, 5.41) is 21.2. The molecule has 2 aromatic rings. The van der Waals surface area contributed by atoms with E-state index in [1.807, 2.05) is 0 Å². The minimum absolute atomic E-state index is 0.0383. The molecule has 30 heavy (non-hydrogen) atoms. The van der Waals surface area contributed by atoms with Crippen molar-refractivity contribution in [2.75, 3.05) is 6.61 Å². The van der Waals surface area contributed by atoms with E-state index in [0.29, 0.717) is 10.6 Å². The molecular weight excluding hydrogens is 449 g/mol. The van der Waals surface area contributed by atoms with E-state index in [4.69, 9.17) is 27.9 Å². The Morgan fingerprint density at radius 3 is 2.60 bits per heavy atom. The number of aliphatic hydroxyl groups excluding tert-OH is 1. The van der Waals surface area contributed by atoms with Gasteiger partial charge in [-0.25, -0.2) is 9.79 Å². The second-order valence-corrected chi connectivity index (χ2v) is 7.83. The summed E-state index contributed by atoms with van der Waals surface area (Å²) in [4.78, 5) is 29.2. The van der Waals surface area contributed by atoms with E-state index in [9.17, 15) is 19.8 Å². The molecule has 1 amide bonds. The normalized spacial score (nSPS) is 16.4. The molecule has 0 bridgehead atoms. The highest BCUT2D eigenvalue weighted by atomic mass is 35.5. The molecular formula is C21H15Cl2NO5S. The zero-order chi connectivity index (χ0) is 21.8. The van der Waals surface area contributed by atoms with Gasteiger partial charge in [-0.3, -0.25) is 4.79 Å². The third-order valence-corrected chi connectivity index (χ3v) is 5.54. The summed E-state index contributed by atoms with van der Waals surface area (Å²) in [5.74, 6) is -1.99. The van der Waals surface area contributed by atoms with E-state index in [1.165, 1.54) is 30.3 Å². The molecule has 0 spiro atoms. The van der Waals surface area contributed by atoms with Crippen LogP contribution < -0.4 is 0 Å². The van der Waals surface area contributed by atoms with E-state index in [-0.39, 0.29) is 38.5 Å². The van der Waals surface area contributed by atoms with Crippen LogP contribution in [0.2, 0.25) is 10.0 Å². The lowest BCUT2D eigenvalue weighted by Crippen LogP contribution is -2.14. The summed E-state index contributed by atoms with van der Waals surface area (Å²) < 4.78 is 4.99. The Bertz CT molecular complexity index is 1120. The molecule has 0 radical (unpaired) electrons. The van der Waals surface area contributed by atoms with Crippen molar-refractivity contribution in [1.29, 1.82) is 0 Å². The summed E-state index contributed by atoms with van der Waals surface area (Å²) >= 11 is 12.9. The Morgan fingerprint density at radius 1 is 1.17 bits per heavy atom. The molecule has 1 heterocycles. The topological polar surface area (TPSA) is 96.2 Å². The van der Waals surface area contributed by atoms with E-state index in [2.05, 4.69) is 4.99 Å². The van der Waals surface area contributed by atoms with Gasteiger partial charge in [0.25, 0.3) is 5.91 Å². The second kappa shape index (κ2) is 9.38. The maximum Gasteiger partial charge on any atom is 0.344 e. The smallest absolute Gasteiger partial charge is 0.344 e. The highest BCUT2D eigenvalue weighted by Gasteiger charge is 2.34. The zero-order valence-electron chi connectivity index (χ0n) is 15.6. The minimum Gasteiger partial charge on any atom is -0.507 e. The number of carbonyl (C=O) groups is 2. The lowest BCUT2D eigenvalue weighted by molar-refractivity contribution is -0.138. The number of halogens is 2. The van der Waals surface area contributed by atoms with Gasteiger partial charge in [0.15, 0.2) is 0 Å². The molecule has 3 rings (SSSR count). The number of aromatic hydroxyl groups is 1. The number of hydrogen-bond acceptors (Lipinski definition) is 6. The summed E-state index contributed by atoms with van der Waals surface area (Å²) in [6, 6.07) is 10.8. The number of amides is 1. The van der Waals surface area contributed by atoms with Gasteiger partial charge >= 0.3 is 5.97 Å². The Balaban J connectivity index is 2.06. The predicted molar refractivity (Wildman–Crippen MR) is 118 cm³/mol. The Morgan fingerprint density at radius 2 is 1.90 bits per heavy atom. The number of phenolic OH excluding ortho intramolecular Hbond substituents is 1. The number of nitrogens with zero attached hydrogens (tertiary/aromatic N) is 1. The molecule has 0 unspecified atom stereocenters. The minimum atomic E-state index is -0.827. The Labute approximate surface area is 186 Å². The molecule has 0 saturated heterocycles. The van der Waals surface area contributed by atoms with Gasteiger partial charge < -0.3 is 14.9 Å². The highest BCUT2D eigenvalue weighted by Crippen LogP contribution is 2.40. The van der Waals surface area contributed by atoms with Gasteiger partial charge in [0.2, 0.25) is 0 Å². The summed E-state index contributed by atoms with van der Waals surface area (Å²) in [6.07, 6.45) is 1.43. The number of esters is 1. The van der Waals surface area contributed by atoms with Crippen LogP contribution in [0.1, 0.15) is 22.8 Å². The SMILES string of the molecule is CCOC(=O)C1=C(O)/C(=C/c2cc(Cl)ccc2O)SC1=NC(=O)c1ccccc1Cl. The molecule has 1 aliphatic rings. The van der Waals surface area contributed by atoms with Crippen molar-refractivity contribution in [3.63, 3.8) is 0 Å². The summed E-state index contributed by atoms with van der Waals surface area (Å²) in [5.41, 5.74) is 0.230. The number of benzene rings is 2. The fraction of sp³-hybridized carbons (Fsp3) is 0.0952. The van der Waals surface area contributed by atoms with Crippen molar-refractivity contribution in [2.45, 2.75) is 6.92 Å². The van der Waals surface area contributed by atoms with Crippen molar-refractivity contribution in [3.05, 3.63) is 79.9 Å². The molecule has 6 nitrogen and oxygen atoms in total. The number of aliphatic hydroxyl groups is 1. The van der Waals surface area contributed by atoms with E-state index >= 15 is 0 Å². The maximum atomic E-state index is 12.6. The van der Waals surface area contributed by atoms with Crippen molar-refractivity contribution >= 4 is 58.0 Å². The summed E-state index contributed by atoms with van der Waals surface area (Å²) in [7, 11) is 0. The van der Waals surface area contributed by atoms with E-state index in [0.717, 1.165) is 11.8 Å². The first-order valence-corrected chi connectivity index (χ1v) is 10.3. The monoisotopic (exact) mass is 463 g/mol. The molecule has 154 valence electrons. The highest BCUT2D eigenvalue weighted by molar-refractivity contribution is 8.18. The number of hydrogen-bond donors (Lipinski definition) is 2. The average Bonchev–Trinajstić information content (AvgIpc) is 3.00. The van der Waals surface area contributed by atoms with Gasteiger partial charge in [0.1, 0.15) is 22.1 Å². The third-order valence-electron chi connectivity index (χ3n) is 3.95. The lowest BCUT2D eigenvalue weighted by Gasteiger charge is -2.04. The lowest BCUT2D eigenvalue weighted by atomic mass is 10.1. The van der Waals surface area contributed by atoms with Crippen LogP contribution in [0.4, 0.5) is 0 Å². The quantitative estimate of drug-likeness (QED) is 0.589. The van der Waals surface area contributed by atoms with Gasteiger partial charge in [0.05, 0.1) is 22.1 Å². The fourth-order valence-electron chi connectivity index (χ4n) is 2.56. The first kappa shape index (κ1) is 22.0. The number of aliphatic imine (C=N–C) groups is 1. The van der Waals surface area contributed by atoms with Crippen LogP contribution in [-0.2, 0) is 9.53 Å². The number of carbonyl (C=O) groups excluding carboxylic acids is 2. The van der Waals surface area contributed by atoms with Gasteiger partial charge in [-0.05, 0) is 43.3 Å². The molecule has 2 N–H and O–H groups in total. The van der Waals surface area contributed by atoms with Crippen molar-refractivity contribution < 1.29 is 24.5 Å². The molecule has 0 saturated carbocycles. The largest absolute Gasteiger partial charge is 0.507 e. The third kappa shape index (κ3) is 4.70. The van der Waals surface area contributed by atoms with Crippen LogP contribution in [0.5, 0.6) is 5.75 Å². The van der Waals surface area contributed by atoms with Crippen molar-refractivity contribution in [3.8, 4) is 5.75 Å². The van der Waals surface area contributed by atoms with E-state index in [1.54, 1.807) is 25.1 Å². The number of ether oxygens (including phenoxy) is 1. The van der Waals surface area contributed by atoms with Gasteiger partial charge in [-0.1, -0.05) is 47.1 Å². The van der Waals surface area contributed by atoms with Crippen LogP contribution in [0.3, 0.4) is 0 Å². The molecule has 0 aromatic heterocycles. The Kier molecular flexibility index (Phi) is 6.87. The standard InChI is InChI=1S/C21H15Cl2NO5S/c1-2-29-21(28)17-18(26)16(10-11-9-12(22)7-8-15(11)25)30-20(17)24-19(27)13-5-3-4-6-14(13)23/h3-10,25-26H,2H2,1H3/b16-10-,24-20?. The van der Waals surface area contributed by atoms with Gasteiger partial charge in [-0.2, -0.15) is 0 Å². The second-order valence-electron chi connectivity index (χ2n) is 5.96. The van der Waals surface area contributed by atoms with Crippen LogP contribution in [0.15, 0.2) is 63.7 Å². The number of rotatable bonds is 4. The zero-order valence-corrected chi connectivity index (χ0v) is 17.9. The van der Waals surface area contributed by atoms with Crippen LogP contribution in [0.25, 0.3) is 6.08 Å². The van der Waals surface area contributed by atoms with Crippen LogP contribution >= 0.6 is 35.0 Å². The molecule has 0 aliphatic carbocycles. The van der Waals surface area contributed by atoms with Gasteiger partial charge in [0, 0.05) is 10.6 Å². The van der Waals surface area contributed by atoms with Crippen molar-refractivity contribution in [1.82, 2.24) is 0 Å². The molecule has 1 aliphatic heterocycles. The maximum absolute atomic E-state index is 12.6. The molecule has 0 atom stereocenters. The predicted octanol–water partition coefficient (Wildman–Crippen LogP) is 5.40. The van der Waals surface area contributed by atoms with Crippen LogP contribution in [-0.4, -0.2) is 33.7 Å². The van der Waals surface area contributed by atoms with Gasteiger partial charge in [-0.15, -0.1) is 0 Å². The van der Waals surface area contributed by atoms with Crippen molar-refractivity contribution in [2.24, 2.45) is 4.99 Å². The molecule has 9 heteroatoms. The first-order chi connectivity index (χ1) is 14.3. The molecule has 0 fully saturated rings. The first-order valence-electron chi connectivity index (χ1n) is 8.68. The molecule has 2 aromatic carbocycles. The summed E-state index contributed by atoms with van der Waals surface area (Å²) in [6.45, 7) is 1.68. The van der Waals surface area contributed by atoms with E-state index < -0.39 is 17.6 Å². The Hall–Kier alpha value is -2.74. The number of thioether (sulfide) groups is 1. The average molecular weight is 464 g/mol.